The molecule has 0 bridgehead atoms. The maximum Gasteiger partial charge on any atom is 0.272 e. The van der Waals surface area contributed by atoms with Crippen LogP contribution in [0.15, 0.2) is 30.5 Å². The molecule has 1 N–H and O–H groups in total. The van der Waals surface area contributed by atoms with Gasteiger partial charge in [0.25, 0.3) is 5.91 Å². The van der Waals surface area contributed by atoms with Gasteiger partial charge in [0.05, 0.1) is 32.2 Å². The van der Waals surface area contributed by atoms with Crippen molar-refractivity contribution in [2.75, 3.05) is 39.2 Å². The zero-order valence-electron chi connectivity index (χ0n) is 16.9. The van der Waals surface area contributed by atoms with Crippen LogP contribution in [0, 0.1) is 0 Å². The van der Waals surface area contributed by atoms with Gasteiger partial charge in [-0.3, -0.25) is 4.79 Å². The van der Waals surface area contributed by atoms with Crippen LogP contribution in [0.2, 0.25) is 0 Å². The van der Waals surface area contributed by atoms with E-state index in [0.29, 0.717) is 24.5 Å². The Morgan fingerprint density at radius 3 is 2.69 bits per heavy atom. The van der Waals surface area contributed by atoms with Crippen LogP contribution < -0.4 is 14.8 Å². The number of hydrogen-bond acceptors (Lipinski definition) is 6. The number of carbonyl (C=O) groups excluding carboxylic acids is 1. The predicted octanol–water partition coefficient (Wildman–Crippen LogP) is 2.89. The number of nitrogens with one attached hydrogen (secondary N) is 1. The fraction of sp³-hybridized carbons (Fsp3) is 0.455. The van der Waals surface area contributed by atoms with Crippen molar-refractivity contribution in [3.63, 3.8) is 0 Å². The van der Waals surface area contributed by atoms with Crippen molar-refractivity contribution in [2.45, 2.75) is 31.9 Å². The Hall–Kier alpha value is -2.80. The number of rotatable bonds is 6. The smallest absolute Gasteiger partial charge is 0.272 e. The Balaban J connectivity index is 1.41. The number of hydrogen-bond donors (Lipinski definition) is 1. The lowest BCUT2D eigenvalue weighted by atomic mass is 9.98. The summed E-state index contributed by atoms with van der Waals surface area (Å²) in [6.45, 7) is 2.80. The van der Waals surface area contributed by atoms with Crippen molar-refractivity contribution < 1.29 is 19.0 Å². The molecule has 2 aromatic rings. The van der Waals surface area contributed by atoms with Crippen molar-refractivity contribution >= 4 is 11.6 Å². The first-order valence-corrected chi connectivity index (χ1v) is 10.0. The van der Waals surface area contributed by atoms with Crippen LogP contribution >= 0.6 is 0 Å². The van der Waals surface area contributed by atoms with E-state index in [1.165, 1.54) is 5.56 Å². The summed E-state index contributed by atoms with van der Waals surface area (Å²) >= 11 is 0. The third kappa shape index (κ3) is 4.29. The van der Waals surface area contributed by atoms with Gasteiger partial charge in [-0.1, -0.05) is 0 Å². The Kier molecular flexibility index (Phi) is 5.85. The summed E-state index contributed by atoms with van der Waals surface area (Å²) in [6, 6.07) is 7.65. The monoisotopic (exact) mass is 397 g/mol. The molecule has 1 saturated heterocycles. The summed E-state index contributed by atoms with van der Waals surface area (Å²) in [7, 11) is 3.25. The zero-order valence-corrected chi connectivity index (χ0v) is 16.9. The van der Waals surface area contributed by atoms with Gasteiger partial charge in [-0.2, -0.15) is 0 Å². The normalized spacial score (nSPS) is 18.3. The Morgan fingerprint density at radius 1 is 1.24 bits per heavy atom. The predicted molar refractivity (Wildman–Crippen MR) is 110 cm³/mol. The average Bonchev–Trinajstić information content (AvgIpc) is 3.30. The van der Waals surface area contributed by atoms with Gasteiger partial charge in [-0.05, 0) is 54.7 Å². The molecular weight excluding hydrogens is 370 g/mol. The molecule has 3 heterocycles. The van der Waals surface area contributed by atoms with Crippen LogP contribution in [0.5, 0.6) is 11.5 Å². The Bertz CT molecular complexity index is 863. The van der Waals surface area contributed by atoms with E-state index in [0.717, 1.165) is 49.4 Å². The molecule has 0 saturated carbocycles. The molecule has 1 amide bonds. The third-order valence-corrected chi connectivity index (χ3v) is 5.55. The number of methoxy groups -OCH3 is 2. The van der Waals surface area contributed by atoms with E-state index in [1.807, 2.05) is 23.1 Å². The van der Waals surface area contributed by atoms with Gasteiger partial charge in [-0.25, -0.2) is 4.98 Å². The average molecular weight is 397 g/mol. The van der Waals surface area contributed by atoms with Gasteiger partial charge in [0.1, 0.15) is 5.69 Å². The highest BCUT2D eigenvalue weighted by Gasteiger charge is 2.24. The lowest BCUT2D eigenvalue weighted by Gasteiger charge is -2.29. The molecule has 7 nitrogen and oxygen atoms in total. The Morgan fingerprint density at radius 2 is 2.03 bits per heavy atom. The number of benzene rings is 1. The molecule has 2 aliphatic heterocycles. The lowest BCUT2D eigenvalue weighted by molar-refractivity contribution is 0.0728. The first-order valence-electron chi connectivity index (χ1n) is 10.0. The van der Waals surface area contributed by atoms with Crippen LogP contribution in [-0.4, -0.2) is 55.8 Å². The summed E-state index contributed by atoms with van der Waals surface area (Å²) in [6.07, 6.45) is 4.97. The lowest BCUT2D eigenvalue weighted by Crippen LogP contribution is -2.36. The van der Waals surface area contributed by atoms with Crippen molar-refractivity contribution in [3.8, 4) is 11.5 Å². The minimum Gasteiger partial charge on any atom is -0.493 e. The highest BCUT2D eigenvalue weighted by atomic mass is 16.5. The summed E-state index contributed by atoms with van der Waals surface area (Å²) in [5, 5.41) is 3.33. The van der Waals surface area contributed by atoms with Gasteiger partial charge in [0.2, 0.25) is 0 Å². The van der Waals surface area contributed by atoms with E-state index in [4.69, 9.17) is 14.2 Å². The second-order valence-electron chi connectivity index (χ2n) is 7.40. The van der Waals surface area contributed by atoms with Crippen LogP contribution in [0.4, 0.5) is 5.69 Å². The first-order chi connectivity index (χ1) is 14.2. The molecule has 0 radical (unpaired) electrons. The quantitative estimate of drug-likeness (QED) is 0.808. The molecule has 2 aliphatic rings. The summed E-state index contributed by atoms with van der Waals surface area (Å²) in [5.41, 5.74) is 3.62. The zero-order chi connectivity index (χ0) is 20.2. The van der Waals surface area contributed by atoms with Crippen LogP contribution in [-0.2, 0) is 17.7 Å². The van der Waals surface area contributed by atoms with Gasteiger partial charge in [0.15, 0.2) is 11.5 Å². The number of amides is 1. The highest BCUT2D eigenvalue weighted by Crippen LogP contribution is 2.33. The minimum absolute atomic E-state index is 0.0592. The number of nitrogens with zero attached hydrogens (tertiary/aromatic N) is 2. The molecule has 1 atom stereocenters. The molecule has 0 spiro atoms. The van der Waals surface area contributed by atoms with Gasteiger partial charge in [0, 0.05) is 26.2 Å². The minimum atomic E-state index is -0.0592. The largest absolute Gasteiger partial charge is 0.493 e. The SMILES string of the molecule is COc1cc2c(cc1OC)CN(C(=O)c1ccc(NCC3CCCO3)cn1)CC2. The van der Waals surface area contributed by atoms with E-state index < -0.39 is 0 Å². The third-order valence-electron chi connectivity index (χ3n) is 5.55. The molecule has 7 heteroatoms. The number of fused-ring (bicyclic) bond motifs is 1. The van der Waals surface area contributed by atoms with E-state index >= 15 is 0 Å². The number of pyridine rings is 1. The van der Waals surface area contributed by atoms with E-state index in [2.05, 4.69) is 10.3 Å². The fourth-order valence-electron chi connectivity index (χ4n) is 3.88. The van der Waals surface area contributed by atoms with E-state index in [9.17, 15) is 4.79 Å². The second-order valence-corrected chi connectivity index (χ2v) is 7.40. The maximum absolute atomic E-state index is 12.9. The number of aromatic nitrogens is 1. The molecule has 0 aliphatic carbocycles. The van der Waals surface area contributed by atoms with Crippen LogP contribution in [0.25, 0.3) is 0 Å². The molecule has 1 unspecified atom stereocenters. The molecular formula is C22H27N3O4. The molecule has 29 heavy (non-hydrogen) atoms. The van der Waals surface area contributed by atoms with Crippen LogP contribution in [0.1, 0.15) is 34.5 Å². The first kappa shape index (κ1) is 19.5. The summed E-state index contributed by atoms with van der Waals surface area (Å²) in [4.78, 5) is 19.1. The van der Waals surface area contributed by atoms with Gasteiger partial charge in [-0.15, -0.1) is 0 Å². The molecule has 154 valence electrons. The molecule has 1 aromatic heterocycles. The highest BCUT2D eigenvalue weighted by molar-refractivity contribution is 5.92. The number of carbonyl (C=O) groups is 1. The Labute approximate surface area is 171 Å². The topological polar surface area (TPSA) is 72.9 Å². The molecule has 4 rings (SSSR count). The summed E-state index contributed by atoms with van der Waals surface area (Å²) < 4.78 is 16.4. The van der Waals surface area contributed by atoms with Gasteiger partial charge >= 0.3 is 0 Å². The van der Waals surface area contributed by atoms with E-state index in [1.54, 1.807) is 26.5 Å². The standard InChI is InChI=1S/C22H27N3O4/c1-27-20-10-15-7-8-25(14-16(15)11-21(20)28-2)22(26)19-6-5-17(12-24-19)23-13-18-4-3-9-29-18/h5-6,10-12,18,23H,3-4,7-9,13-14H2,1-2H3. The van der Waals surface area contributed by atoms with Crippen molar-refractivity contribution in [3.05, 3.63) is 47.3 Å². The van der Waals surface area contributed by atoms with Crippen molar-refractivity contribution in [1.29, 1.82) is 0 Å². The number of anilines is 1. The molecule has 1 fully saturated rings. The van der Waals surface area contributed by atoms with Crippen LogP contribution in [0.3, 0.4) is 0 Å². The second kappa shape index (κ2) is 8.69. The fourth-order valence-corrected chi connectivity index (χ4v) is 3.88. The number of ether oxygens (including phenoxy) is 3. The summed E-state index contributed by atoms with van der Waals surface area (Å²) in [5.74, 6) is 1.34. The van der Waals surface area contributed by atoms with Crippen molar-refractivity contribution in [2.24, 2.45) is 0 Å². The maximum atomic E-state index is 12.9. The van der Waals surface area contributed by atoms with Crippen molar-refractivity contribution in [1.82, 2.24) is 9.88 Å². The van der Waals surface area contributed by atoms with Gasteiger partial charge < -0.3 is 24.4 Å². The van der Waals surface area contributed by atoms with E-state index in [-0.39, 0.29) is 12.0 Å². The molecule has 1 aromatic carbocycles.